The first-order chi connectivity index (χ1) is 8.41. The fourth-order valence-corrected chi connectivity index (χ4v) is 1.32. The summed E-state index contributed by atoms with van der Waals surface area (Å²) in [5.74, 6) is -0.397. The molecule has 0 heterocycles. The minimum Gasteiger partial charge on any atom is -0.493 e. The van der Waals surface area contributed by atoms with Crippen LogP contribution in [0.3, 0.4) is 0 Å². The molecule has 0 saturated carbocycles. The maximum absolute atomic E-state index is 11.1. The van der Waals surface area contributed by atoms with Crippen LogP contribution in [0.2, 0.25) is 0 Å². The third-order valence-corrected chi connectivity index (χ3v) is 2.59. The smallest absolute Gasteiger partial charge is 0.339 e. The lowest BCUT2D eigenvalue weighted by Crippen LogP contribution is -2.30. The zero-order valence-corrected chi connectivity index (χ0v) is 10.9. The summed E-state index contributed by atoms with van der Waals surface area (Å²) in [6, 6.07) is 4.76. The van der Waals surface area contributed by atoms with E-state index in [2.05, 4.69) is 0 Å². The Morgan fingerprint density at radius 1 is 1.44 bits per heavy atom. The molecule has 0 amide bonds. The fourth-order valence-electron chi connectivity index (χ4n) is 1.32. The second kappa shape index (κ2) is 5.73. The molecule has 1 aromatic rings. The van der Waals surface area contributed by atoms with Crippen molar-refractivity contribution < 1.29 is 19.4 Å². The van der Waals surface area contributed by atoms with Gasteiger partial charge < -0.3 is 20.3 Å². The quantitative estimate of drug-likeness (QED) is 0.807. The Hall–Kier alpha value is -1.75. The summed E-state index contributed by atoms with van der Waals surface area (Å²) in [6.07, 6.45) is 0. The van der Waals surface area contributed by atoms with Crippen LogP contribution in [0.1, 0.15) is 24.2 Å². The van der Waals surface area contributed by atoms with Gasteiger partial charge in [0.2, 0.25) is 0 Å². The number of methoxy groups -OCH3 is 1. The fraction of sp³-hybridized carbons (Fsp3) is 0.462. The minimum absolute atomic E-state index is 0.0853. The van der Waals surface area contributed by atoms with Gasteiger partial charge in [-0.2, -0.15) is 0 Å². The van der Waals surface area contributed by atoms with Crippen LogP contribution in [0.25, 0.3) is 0 Å². The number of rotatable bonds is 6. The number of carboxylic acids is 1. The Morgan fingerprint density at radius 2 is 2.11 bits per heavy atom. The molecule has 18 heavy (non-hydrogen) atoms. The maximum atomic E-state index is 11.1. The van der Waals surface area contributed by atoms with E-state index in [4.69, 9.17) is 20.3 Å². The molecule has 100 valence electrons. The average Bonchev–Trinajstić information content (AvgIpc) is 2.35. The van der Waals surface area contributed by atoms with Gasteiger partial charge in [-0.3, -0.25) is 0 Å². The molecule has 0 aliphatic carbocycles. The van der Waals surface area contributed by atoms with Crippen molar-refractivity contribution >= 4 is 5.97 Å². The third-order valence-electron chi connectivity index (χ3n) is 2.59. The molecule has 1 aromatic carbocycles. The number of nitrogens with two attached hydrogens (primary N) is 1. The van der Waals surface area contributed by atoms with Crippen molar-refractivity contribution in [2.24, 2.45) is 11.1 Å². The Morgan fingerprint density at radius 3 is 2.61 bits per heavy atom. The van der Waals surface area contributed by atoms with E-state index in [0.717, 1.165) is 0 Å². The number of para-hydroxylation sites is 1. The van der Waals surface area contributed by atoms with E-state index < -0.39 is 5.97 Å². The second-order valence-corrected chi connectivity index (χ2v) is 4.80. The van der Waals surface area contributed by atoms with Crippen LogP contribution in [0.4, 0.5) is 0 Å². The first-order valence-corrected chi connectivity index (χ1v) is 5.64. The maximum Gasteiger partial charge on any atom is 0.339 e. The number of aromatic carboxylic acids is 1. The first kappa shape index (κ1) is 14.3. The van der Waals surface area contributed by atoms with Crippen LogP contribution in [-0.4, -0.2) is 31.3 Å². The van der Waals surface area contributed by atoms with E-state index in [0.29, 0.717) is 18.9 Å². The van der Waals surface area contributed by atoms with Gasteiger partial charge in [0.05, 0.1) is 13.7 Å². The molecule has 0 unspecified atom stereocenters. The van der Waals surface area contributed by atoms with Crippen LogP contribution in [0, 0.1) is 5.41 Å². The highest BCUT2D eigenvalue weighted by molar-refractivity contribution is 5.92. The summed E-state index contributed by atoms with van der Waals surface area (Å²) in [4.78, 5) is 11.1. The Bertz CT molecular complexity index is 429. The van der Waals surface area contributed by atoms with Crippen molar-refractivity contribution in [3.8, 4) is 11.5 Å². The average molecular weight is 253 g/mol. The first-order valence-electron chi connectivity index (χ1n) is 5.64. The van der Waals surface area contributed by atoms with E-state index in [-0.39, 0.29) is 16.7 Å². The van der Waals surface area contributed by atoms with Crippen LogP contribution in [0.15, 0.2) is 18.2 Å². The molecule has 0 saturated heterocycles. The Labute approximate surface area is 107 Å². The molecule has 0 radical (unpaired) electrons. The van der Waals surface area contributed by atoms with Gasteiger partial charge in [0.1, 0.15) is 5.56 Å². The molecule has 0 atom stereocenters. The molecular formula is C13H19NO4. The summed E-state index contributed by atoms with van der Waals surface area (Å²) >= 11 is 0. The van der Waals surface area contributed by atoms with Crippen molar-refractivity contribution in [3.05, 3.63) is 23.8 Å². The Kier molecular flexibility index (Phi) is 4.55. The van der Waals surface area contributed by atoms with E-state index >= 15 is 0 Å². The molecule has 0 spiro atoms. The zero-order valence-electron chi connectivity index (χ0n) is 10.9. The van der Waals surface area contributed by atoms with Crippen LogP contribution < -0.4 is 15.2 Å². The molecule has 3 N–H and O–H groups in total. The van der Waals surface area contributed by atoms with Crippen molar-refractivity contribution in [2.75, 3.05) is 20.3 Å². The lowest BCUT2D eigenvalue weighted by atomic mass is 9.95. The van der Waals surface area contributed by atoms with E-state index in [1.165, 1.54) is 13.2 Å². The Balaban J connectivity index is 3.02. The number of carbonyl (C=O) groups is 1. The lowest BCUT2D eigenvalue weighted by Gasteiger charge is -2.23. The molecular weight excluding hydrogens is 234 g/mol. The highest BCUT2D eigenvalue weighted by atomic mass is 16.5. The van der Waals surface area contributed by atoms with Crippen molar-refractivity contribution in [1.82, 2.24) is 0 Å². The third kappa shape index (κ3) is 3.37. The largest absolute Gasteiger partial charge is 0.493 e. The molecule has 5 nitrogen and oxygen atoms in total. The minimum atomic E-state index is -1.05. The zero-order chi connectivity index (χ0) is 13.8. The molecule has 0 aliphatic rings. The highest BCUT2D eigenvalue weighted by Gasteiger charge is 2.21. The van der Waals surface area contributed by atoms with Gasteiger partial charge in [0, 0.05) is 12.0 Å². The van der Waals surface area contributed by atoms with Gasteiger partial charge in [0.15, 0.2) is 11.5 Å². The van der Waals surface area contributed by atoms with Gasteiger partial charge in [-0.1, -0.05) is 19.9 Å². The van der Waals surface area contributed by atoms with Crippen molar-refractivity contribution in [2.45, 2.75) is 13.8 Å². The van der Waals surface area contributed by atoms with Gasteiger partial charge in [-0.05, 0) is 12.1 Å². The normalized spacial score (nSPS) is 11.1. The highest BCUT2D eigenvalue weighted by Crippen LogP contribution is 2.32. The predicted octanol–water partition coefficient (Wildman–Crippen LogP) is 1.76. The van der Waals surface area contributed by atoms with E-state index in [1.54, 1.807) is 12.1 Å². The molecule has 0 aliphatic heterocycles. The molecule has 0 fully saturated rings. The predicted molar refractivity (Wildman–Crippen MR) is 68.3 cm³/mol. The van der Waals surface area contributed by atoms with Crippen molar-refractivity contribution in [3.63, 3.8) is 0 Å². The number of hydrogen-bond donors (Lipinski definition) is 2. The molecule has 0 aromatic heterocycles. The van der Waals surface area contributed by atoms with Gasteiger partial charge in [-0.25, -0.2) is 4.79 Å². The van der Waals surface area contributed by atoms with Crippen LogP contribution >= 0.6 is 0 Å². The molecule has 1 rings (SSSR count). The second-order valence-electron chi connectivity index (χ2n) is 4.80. The number of carboxylic acid groups (broad SMARTS) is 1. The summed E-state index contributed by atoms with van der Waals surface area (Å²) in [5.41, 5.74) is 5.47. The lowest BCUT2D eigenvalue weighted by molar-refractivity contribution is 0.0688. The monoisotopic (exact) mass is 253 g/mol. The summed E-state index contributed by atoms with van der Waals surface area (Å²) in [6.45, 7) is 4.67. The number of benzene rings is 1. The number of ether oxygens (including phenoxy) is 2. The summed E-state index contributed by atoms with van der Waals surface area (Å²) < 4.78 is 10.7. The van der Waals surface area contributed by atoms with Crippen LogP contribution in [-0.2, 0) is 0 Å². The molecule has 5 heteroatoms. The van der Waals surface area contributed by atoms with E-state index in [9.17, 15) is 4.79 Å². The van der Waals surface area contributed by atoms with Crippen molar-refractivity contribution in [1.29, 1.82) is 0 Å². The number of hydrogen-bond acceptors (Lipinski definition) is 4. The van der Waals surface area contributed by atoms with E-state index in [1.807, 2.05) is 13.8 Å². The van der Waals surface area contributed by atoms with Gasteiger partial charge >= 0.3 is 5.97 Å². The topological polar surface area (TPSA) is 81.8 Å². The standard InChI is InChI=1S/C13H19NO4/c1-13(2,7-14)8-18-11-9(12(15)16)5-4-6-10(11)17-3/h4-6H,7-8,14H2,1-3H3,(H,15,16). The van der Waals surface area contributed by atoms with Gasteiger partial charge in [0.25, 0.3) is 0 Å². The van der Waals surface area contributed by atoms with Gasteiger partial charge in [-0.15, -0.1) is 0 Å². The SMILES string of the molecule is COc1cccc(C(=O)O)c1OCC(C)(C)CN. The summed E-state index contributed by atoms with van der Waals surface area (Å²) in [7, 11) is 1.47. The molecule has 0 bridgehead atoms. The van der Waals surface area contributed by atoms with Crippen LogP contribution in [0.5, 0.6) is 11.5 Å². The summed E-state index contributed by atoms with van der Waals surface area (Å²) in [5, 5.41) is 9.11.